The quantitative estimate of drug-likeness (QED) is 0.285. The lowest BCUT2D eigenvalue weighted by molar-refractivity contribution is 0.407. The number of rotatable bonds is 3. The highest BCUT2D eigenvalue weighted by molar-refractivity contribution is 6.21. The van der Waals surface area contributed by atoms with Crippen LogP contribution in [0.1, 0.15) is 0 Å². The average Bonchev–Trinajstić information content (AvgIpc) is 2.78. The summed E-state index contributed by atoms with van der Waals surface area (Å²) < 4.78 is 35.3. The van der Waals surface area contributed by atoms with Crippen molar-refractivity contribution in [2.75, 3.05) is 7.11 Å². The molecule has 0 aromatic heterocycles. The lowest BCUT2D eigenvalue weighted by Gasteiger charge is -2.18. The van der Waals surface area contributed by atoms with Crippen LogP contribution < -0.4 is 4.74 Å². The standard InChI is InChI=1S/C27H18F2O/c1-30-18-15-23(28)27(24(29)16-18)26-21-13-7-5-11-19(21)25(17-9-3-2-4-10-17)20-12-6-8-14-22(20)26/h2-16H,1H3. The van der Waals surface area contributed by atoms with Crippen LogP contribution in [0.15, 0.2) is 91.0 Å². The molecule has 0 radical (unpaired) electrons. The molecule has 5 aromatic carbocycles. The van der Waals surface area contributed by atoms with Gasteiger partial charge < -0.3 is 4.74 Å². The van der Waals surface area contributed by atoms with E-state index < -0.39 is 11.6 Å². The summed E-state index contributed by atoms with van der Waals surface area (Å²) in [6.07, 6.45) is 0. The second kappa shape index (κ2) is 7.27. The van der Waals surface area contributed by atoms with Gasteiger partial charge in [0.2, 0.25) is 0 Å². The fourth-order valence-corrected chi connectivity index (χ4v) is 4.22. The van der Waals surface area contributed by atoms with Crippen LogP contribution in [0, 0.1) is 11.6 Å². The summed E-state index contributed by atoms with van der Waals surface area (Å²) in [6, 6.07) is 28.1. The van der Waals surface area contributed by atoms with E-state index in [1.807, 2.05) is 66.7 Å². The van der Waals surface area contributed by atoms with E-state index >= 15 is 8.78 Å². The molecule has 146 valence electrons. The molecule has 0 bridgehead atoms. The predicted molar refractivity (Wildman–Crippen MR) is 119 cm³/mol. The first-order valence-corrected chi connectivity index (χ1v) is 9.71. The van der Waals surface area contributed by atoms with Crippen LogP contribution in [0.25, 0.3) is 43.8 Å². The normalized spacial score (nSPS) is 11.2. The first-order valence-electron chi connectivity index (χ1n) is 9.71. The number of benzene rings is 5. The van der Waals surface area contributed by atoms with Crippen molar-refractivity contribution in [3.63, 3.8) is 0 Å². The average molecular weight is 396 g/mol. The Labute approximate surface area is 173 Å². The van der Waals surface area contributed by atoms with E-state index in [1.165, 1.54) is 19.2 Å². The zero-order valence-electron chi connectivity index (χ0n) is 16.3. The summed E-state index contributed by atoms with van der Waals surface area (Å²) >= 11 is 0. The molecular weight excluding hydrogens is 378 g/mol. The Morgan fingerprint density at radius 2 is 0.967 bits per heavy atom. The van der Waals surface area contributed by atoms with Gasteiger partial charge in [-0.3, -0.25) is 0 Å². The number of ether oxygens (including phenoxy) is 1. The van der Waals surface area contributed by atoms with Crippen molar-refractivity contribution < 1.29 is 13.5 Å². The Balaban J connectivity index is 1.99. The minimum Gasteiger partial charge on any atom is -0.497 e. The molecule has 3 heteroatoms. The zero-order chi connectivity index (χ0) is 20.7. The first kappa shape index (κ1) is 18.3. The molecule has 1 nitrogen and oxygen atoms in total. The second-order valence-electron chi connectivity index (χ2n) is 7.17. The molecule has 0 fully saturated rings. The molecule has 5 aromatic rings. The van der Waals surface area contributed by atoms with Crippen molar-refractivity contribution in [1.82, 2.24) is 0 Å². The number of halogens is 2. The summed E-state index contributed by atoms with van der Waals surface area (Å²) in [5.74, 6) is -1.13. The van der Waals surface area contributed by atoms with Gasteiger partial charge >= 0.3 is 0 Å². The van der Waals surface area contributed by atoms with Crippen molar-refractivity contribution in [1.29, 1.82) is 0 Å². The highest BCUT2D eigenvalue weighted by Gasteiger charge is 2.21. The van der Waals surface area contributed by atoms with Crippen molar-refractivity contribution in [3.8, 4) is 28.0 Å². The lowest BCUT2D eigenvalue weighted by atomic mass is 9.85. The molecule has 5 rings (SSSR count). The molecule has 0 saturated carbocycles. The van der Waals surface area contributed by atoms with Crippen molar-refractivity contribution in [2.24, 2.45) is 0 Å². The fraction of sp³-hybridized carbons (Fsp3) is 0.0370. The lowest BCUT2D eigenvalue weighted by Crippen LogP contribution is -1.96. The Bertz CT molecular complexity index is 1310. The highest BCUT2D eigenvalue weighted by atomic mass is 19.1. The molecule has 0 atom stereocenters. The second-order valence-corrected chi connectivity index (χ2v) is 7.17. The van der Waals surface area contributed by atoms with E-state index in [9.17, 15) is 0 Å². The molecule has 0 unspecified atom stereocenters. The van der Waals surface area contributed by atoms with Gasteiger partial charge in [-0.15, -0.1) is 0 Å². The Hall–Kier alpha value is -3.72. The summed E-state index contributed by atoms with van der Waals surface area (Å²) in [6.45, 7) is 0. The Morgan fingerprint density at radius 3 is 1.43 bits per heavy atom. The number of methoxy groups -OCH3 is 1. The van der Waals surface area contributed by atoms with E-state index in [4.69, 9.17) is 4.74 Å². The minimum atomic E-state index is -0.644. The van der Waals surface area contributed by atoms with Crippen molar-refractivity contribution in [2.45, 2.75) is 0 Å². The van der Waals surface area contributed by atoms with Gasteiger partial charge in [0.15, 0.2) is 0 Å². The third-order valence-electron chi connectivity index (χ3n) is 5.50. The summed E-state index contributed by atoms with van der Waals surface area (Å²) in [7, 11) is 1.40. The highest BCUT2D eigenvalue weighted by Crippen LogP contribution is 2.45. The molecule has 30 heavy (non-hydrogen) atoms. The summed E-state index contributed by atoms with van der Waals surface area (Å²) in [5, 5.41) is 3.51. The molecule has 0 heterocycles. The maximum Gasteiger partial charge on any atom is 0.137 e. The van der Waals surface area contributed by atoms with Gasteiger partial charge in [-0.2, -0.15) is 0 Å². The fourth-order valence-electron chi connectivity index (χ4n) is 4.22. The van der Waals surface area contributed by atoms with Gasteiger partial charge in [-0.1, -0.05) is 78.9 Å². The molecule has 0 spiro atoms. The predicted octanol–water partition coefficient (Wildman–Crippen LogP) is 7.61. The Morgan fingerprint density at radius 1 is 0.533 bits per heavy atom. The summed E-state index contributed by atoms with van der Waals surface area (Å²) in [5.41, 5.74) is 2.63. The van der Waals surface area contributed by atoms with Gasteiger partial charge in [0.1, 0.15) is 17.4 Å². The number of hydrogen-bond acceptors (Lipinski definition) is 1. The number of fused-ring (bicyclic) bond motifs is 2. The van der Waals surface area contributed by atoms with E-state index in [0.717, 1.165) is 32.7 Å². The van der Waals surface area contributed by atoms with Crippen LogP contribution in [0.3, 0.4) is 0 Å². The van der Waals surface area contributed by atoms with Gasteiger partial charge in [0, 0.05) is 17.7 Å². The Kier molecular flexibility index (Phi) is 4.44. The first-order chi connectivity index (χ1) is 14.7. The molecule has 0 aliphatic heterocycles. The van der Waals surface area contributed by atoms with Gasteiger partial charge in [0.25, 0.3) is 0 Å². The third-order valence-corrected chi connectivity index (χ3v) is 5.50. The SMILES string of the molecule is COc1cc(F)c(-c2c3ccccc3c(-c3ccccc3)c3ccccc23)c(F)c1. The molecule has 0 saturated heterocycles. The summed E-state index contributed by atoms with van der Waals surface area (Å²) in [4.78, 5) is 0. The number of hydrogen-bond donors (Lipinski definition) is 0. The molecule has 0 aliphatic carbocycles. The third kappa shape index (κ3) is 2.82. The van der Waals surface area contributed by atoms with Crippen LogP contribution in [-0.4, -0.2) is 7.11 Å². The van der Waals surface area contributed by atoms with E-state index in [1.54, 1.807) is 0 Å². The van der Waals surface area contributed by atoms with Crippen LogP contribution in [0.2, 0.25) is 0 Å². The zero-order valence-corrected chi connectivity index (χ0v) is 16.3. The monoisotopic (exact) mass is 396 g/mol. The maximum atomic E-state index is 15.1. The van der Waals surface area contributed by atoms with E-state index in [2.05, 4.69) is 12.1 Å². The topological polar surface area (TPSA) is 9.23 Å². The van der Waals surface area contributed by atoms with E-state index in [-0.39, 0.29) is 11.3 Å². The molecule has 0 aliphatic rings. The van der Waals surface area contributed by atoms with Gasteiger partial charge in [0.05, 0.1) is 12.7 Å². The van der Waals surface area contributed by atoms with E-state index in [0.29, 0.717) is 5.56 Å². The van der Waals surface area contributed by atoms with Crippen molar-refractivity contribution in [3.05, 3.63) is 103 Å². The van der Waals surface area contributed by atoms with Crippen LogP contribution in [0.4, 0.5) is 8.78 Å². The smallest absolute Gasteiger partial charge is 0.137 e. The van der Waals surface area contributed by atoms with Crippen LogP contribution >= 0.6 is 0 Å². The molecule has 0 amide bonds. The maximum absolute atomic E-state index is 15.1. The van der Waals surface area contributed by atoms with Crippen molar-refractivity contribution >= 4 is 21.5 Å². The van der Waals surface area contributed by atoms with Crippen LogP contribution in [-0.2, 0) is 0 Å². The minimum absolute atomic E-state index is 0.0391. The van der Waals surface area contributed by atoms with Gasteiger partial charge in [-0.25, -0.2) is 8.78 Å². The molecular formula is C27H18F2O. The largest absolute Gasteiger partial charge is 0.497 e. The van der Waals surface area contributed by atoms with Gasteiger partial charge in [-0.05, 0) is 32.7 Å². The van der Waals surface area contributed by atoms with Crippen LogP contribution in [0.5, 0.6) is 5.75 Å². The molecule has 0 N–H and O–H groups in total.